The van der Waals surface area contributed by atoms with Gasteiger partial charge in [0.05, 0.1) is 6.42 Å². The van der Waals surface area contributed by atoms with E-state index < -0.39 is 0 Å². The molecule has 6 nitrogen and oxygen atoms in total. The number of hydrogen-bond acceptors (Lipinski definition) is 3. The van der Waals surface area contributed by atoms with Gasteiger partial charge in [-0.05, 0) is 54.8 Å². The molecule has 4 N–H and O–H groups in total. The largest absolute Gasteiger partial charge is 0.399 e. The van der Waals surface area contributed by atoms with Gasteiger partial charge in [-0.25, -0.2) is 4.79 Å². The lowest BCUT2D eigenvalue weighted by molar-refractivity contribution is -0.115. The van der Waals surface area contributed by atoms with Crippen molar-refractivity contribution in [2.45, 2.75) is 32.1 Å². The Balaban J connectivity index is 0.00000280. The van der Waals surface area contributed by atoms with E-state index >= 15 is 0 Å². The summed E-state index contributed by atoms with van der Waals surface area (Å²) >= 11 is 0. The van der Waals surface area contributed by atoms with Crippen molar-refractivity contribution >= 4 is 41.4 Å². The van der Waals surface area contributed by atoms with Crippen molar-refractivity contribution in [3.8, 4) is 0 Å². The third-order valence-electron chi connectivity index (χ3n) is 4.66. The first-order valence-corrected chi connectivity index (χ1v) is 9.40. The summed E-state index contributed by atoms with van der Waals surface area (Å²) in [5.74, 6) is -0.0962. The second-order valence-electron chi connectivity index (χ2n) is 6.88. The number of nitrogens with one attached hydrogen (secondary N) is 2. The predicted molar refractivity (Wildman–Crippen MR) is 116 cm³/mol. The summed E-state index contributed by atoms with van der Waals surface area (Å²) in [6, 6.07) is 14.4. The molecule has 0 radical (unpaired) electrons. The van der Waals surface area contributed by atoms with Crippen LogP contribution in [0.1, 0.15) is 31.2 Å². The number of carbonyl (C=O) groups is 2. The molecule has 0 aliphatic carbocycles. The molecule has 0 atom stereocenters. The Morgan fingerprint density at radius 2 is 1.36 bits per heavy atom. The van der Waals surface area contributed by atoms with Crippen molar-refractivity contribution in [2.24, 2.45) is 0 Å². The van der Waals surface area contributed by atoms with Gasteiger partial charge in [-0.2, -0.15) is 0 Å². The van der Waals surface area contributed by atoms with Gasteiger partial charge in [-0.15, -0.1) is 12.4 Å². The summed E-state index contributed by atoms with van der Waals surface area (Å²) in [7, 11) is 0. The van der Waals surface area contributed by atoms with Gasteiger partial charge in [0.25, 0.3) is 0 Å². The van der Waals surface area contributed by atoms with E-state index in [-0.39, 0.29) is 30.8 Å². The average molecular weight is 403 g/mol. The molecular weight excluding hydrogens is 376 g/mol. The molecule has 2 aromatic rings. The summed E-state index contributed by atoms with van der Waals surface area (Å²) in [6.45, 7) is 1.62. The number of anilines is 3. The zero-order valence-corrected chi connectivity index (χ0v) is 16.6. The highest BCUT2D eigenvalue weighted by Gasteiger charge is 2.15. The van der Waals surface area contributed by atoms with E-state index in [9.17, 15) is 9.59 Å². The number of nitrogens with two attached hydrogens (primary N) is 1. The number of nitrogen functional groups attached to an aromatic ring is 1. The van der Waals surface area contributed by atoms with E-state index in [1.807, 2.05) is 17.0 Å². The fourth-order valence-electron chi connectivity index (χ4n) is 3.14. The van der Waals surface area contributed by atoms with Crippen molar-refractivity contribution in [3.05, 3.63) is 54.1 Å². The predicted octanol–water partition coefficient (Wildman–Crippen LogP) is 4.28. The van der Waals surface area contributed by atoms with Crippen molar-refractivity contribution in [1.82, 2.24) is 4.90 Å². The number of rotatable bonds is 4. The molecule has 1 saturated heterocycles. The van der Waals surface area contributed by atoms with Crippen LogP contribution in [-0.2, 0) is 11.2 Å². The molecule has 3 rings (SSSR count). The average Bonchev–Trinajstić information content (AvgIpc) is 2.95. The van der Waals surface area contributed by atoms with E-state index in [0.717, 1.165) is 37.2 Å². The van der Waals surface area contributed by atoms with E-state index in [0.29, 0.717) is 11.4 Å². The van der Waals surface area contributed by atoms with Crippen LogP contribution >= 0.6 is 12.4 Å². The minimum atomic E-state index is -0.0962. The molecular formula is C21H27ClN4O2. The lowest BCUT2D eigenvalue weighted by Gasteiger charge is -2.20. The molecule has 1 heterocycles. The second kappa shape index (κ2) is 10.6. The molecule has 28 heavy (non-hydrogen) atoms. The molecule has 1 aliphatic heterocycles. The van der Waals surface area contributed by atoms with Gasteiger partial charge >= 0.3 is 6.03 Å². The third kappa shape index (κ3) is 6.46. The van der Waals surface area contributed by atoms with Crippen LogP contribution in [0.15, 0.2) is 48.5 Å². The first-order chi connectivity index (χ1) is 13.1. The van der Waals surface area contributed by atoms with Crippen molar-refractivity contribution in [1.29, 1.82) is 0 Å². The summed E-state index contributed by atoms with van der Waals surface area (Å²) in [4.78, 5) is 26.4. The first kappa shape index (κ1) is 21.6. The quantitative estimate of drug-likeness (QED) is 0.667. The molecule has 2 aromatic carbocycles. The topological polar surface area (TPSA) is 87.5 Å². The van der Waals surface area contributed by atoms with Gasteiger partial charge in [0.15, 0.2) is 0 Å². The second-order valence-corrected chi connectivity index (χ2v) is 6.88. The van der Waals surface area contributed by atoms with Crippen LogP contribution in [0.4, 0.5) is 21.9 Å². The van der Waals surface area contributed by atoms with Crippen LogP contribution in [-0.4, -0.2) is 29.9 Å². The number of benzene rings is 2. The molecule has 0 saturated carbocycles. The highest BCUT2D eigenvalue weighted by molar-refractivity contribution is 5.93. The standard InChI is InChI=1S/C21H26N4O2.ClH/c22-17-7-5-16(6-8-17)15-20(26)23-18-9-11-19(12-10-18)24-21(27)25-13-3-1-2-4-14-25;/h5-12H,1-4,13-15,22H2,(H,23,26)(H,24,27);1H. The molecule has 1 fully saturated rings. The van der Waals surface area contributed by atoms with Gasteiger partial charge in [0.2, 0.25) is 5.91 Å². The van der Waals surface area contributed by atoms with Crippen LogP contribution in [0.2, 0.25) is 0 Å². The number of amides is 3. The van der Waals surface area contributed by atoms with Gasteiger partial charge < -0.3 is 21.3 Å². The van der Waals surface area contributed by atoms with E-state index in [1.54, 1.807) is 36.4 Å². The Morgan fingerprint density at radius 3 is 1.93 bits per heavy atom. The molecule has 1 aliphatic rings. The lowest BCUT2D eigenvalue weighted by Crippen LogP contribution is -2.35. The summed E-state index contributed by atoms with van der Waals surface area (Å²) in [6.07, 6.45) is 4.79. The van der Waals surface area contributed by atoms with Gasteiger partial charge in [-0.3, -0.25) is 4.79 Å². The highest BCUT2D eigenvalue weighted by atomic mass is 35.5. The molecule has 3 amide bonds. The highest BCUT2D eigenvalue weighted by Crippen LogP contribution is 2.16. The van der Waals surface area contributed by atoms with Crippen LogP contribution in [0.5, 0.6) is 0 Å². The van der Waals surface area contributed by atoms with E-state index in [2.05, 4.69) is 10.6 Å². The van der Waals surface area contributed by atoms with E-state index in [1.165, 1.54) is 12.8 Å². The smallest absolute Gasteiger partial charge is 0.321 e. The normalized spacial score (nSPS) is 13.8. The maximum absolute atomic E-state index is 12.3. The zero-order valence-electron chi connectivity index (χ0n) is 15.8. The Bertz CT molecular complexity index is 770. The first-order valence-electron chi connectivity index (χ1n) is 9.40. The lowest BCUT2D eigenvalue weighted by atomic mass is 10.1. The summed E-state index contributed by atoms with van der Waals surface area (Å²) < 4.78 is 0. The molecule has 0 unspecified atom stereocenters. The van der Waals surface area contributed by atoms with Crippen LogP contribution in [0.3, 0.4) is 0 Å². The Kier molecular flexibility index (Phi) is 8.14. The molecule has 7 heteroatoms. The van der Waals surface area contributed by atoms with E-state index in [4.69, 9.17) is 5.73 Å². The molecule has 150 valence electrons. The number of likely N-dealkylation sites (tertiary alicyclic amines) is 1. The minimum absolute atomic E-state index is 0. The molecule has 0 bridgehead atoms. The van der Waals surface area contributed by atoms with Crippen molar-refractivity contribution < 1.29 is 9.59 Å². The number of nitrogens with zero attached hydrogens (tertiary/aromatic N) is 1. The Morgan fingerprint density at radius 1 is 0.821 bits per heavy atom. The maximum Gasteiger partial charge on any atom is 0.321 e. The van der Waals surface area contributed by atoms with Gasteiger partial charge in [-0.1, -0.05) is 25.0 Å². The summed E-state index contributed by atoms with van der Waals surface area (Å²) in [5.41, 5.74) is 8.66. The number of halogens is 1. The van der Waals surface area contributed by atoms with Crippen LogP contribution in [0.25, 0.3) is 0 Å². The maximum atomic E-state index is 12.3. The number of urea groups is 1. The van der Waals surface area contributed by atoms with Crippen LogP contribution < -0.4 is 16.4 Å². The van der Waals surface area contributed by atoms with Crippen molar-refractivity contribution in [3.63, 3.8) is 0 Å². The SMILES string of the molecule is Cl.Nc1ccc(CC(=O)Nc2ccc(NC(=O)N3CCCCCC3)cc2)cc1. The fourth-order valence-corrected chi connectivity index (χ4v) is 3.14. The molecule has 0 aromatic heterocycles. The Labute approximate surface area is 171 Å². The van der Waals surface area contributed by atoms with Crippen molar-refractivity contribution in [2.75, 3.05) is 29.5 Å². The van der Waals surface area contributed by atoms with Gasteiger partial charge in [0.1, 0.15) is 0 Å². The van der Waals surface area contributed by atoms with Crippen LogP contribution in [0, 0.1) is 0 Å². The monoisotopic (exact) mass is 402 g/mol. The Hall–Kier alpha value is -2.73. The number of hydrogen-bond donors (Lipinski definition) is 3. The number of carbonyl (C=O) groups excluding carboxylic acids is 2. The fraction of sp³-hybridized carbons (Fsp3) is 0.333. The minimum Gasteiger partial charge on any atom is -0.399 e. The third-order valence-corrected chi connectivity index (χ3v) is 4.66. The van der Waals surface area contributed by atoms with Gasteiger partial charge in [0, 0.05) is 30.2 Å². The summed E-state index contributed by atoms with van der Waals surface area (Å²) in [5, 5.41) is 5.79. The molecule has 0 spiro atoms. The zero-order chi connectivity index (χ0) is 19.1.